The van der Waals surface area contributed by atoms with Crippen LogP contribution in [0.3, 0.4) is 0 Å². The van der Waals surface area contributed by atoms with Crippen LogP contribution in [0.15, 0.2) is 23.3 Å². The molecule has 7 heteroatoms. The summed E-state index contributed by atoms with van der Waals surface area (Å²) in [4.78, 5) is 21.2. The summed E-state index contributed by atoms with van der Waals surface area (Å²) >= 11 is 0. The number of hydrogen-bond donors (Lipinski definition) is 1. The van der Waals surface area contributed by atoms with E-state index in [9.17, 15) is 4.79 Å². The van der Waals surface area contributed by atoms with E-state index in [4.69, 9.17) is 0 Å². The molecular formula is C19H34IN5O. The fourth-order valence-electron chi connectivity index (χ4n) is 3.32. The standard InChI is InChI=1S/C19H33N5O.HI/c1-5-20-19(23(4)15-17-10-8-13-22(17)3)21-12-11-18(25)24-14-7-6-9-16(24)2;/h8,10,13,16H,5-7,9,11-12,14-15H2,1-4H3,(H,20,21);1H. The van der Waals surface area contributed by atoms with Gasteiger partial charge in [0.2, 0.25) is 5.91 Å². The van der Waals surface area contributed by atoms with Gasteiger partial charge in [0.15, 0.2) is 5.96 Å². The third kappa shape index (κ3) is 6.48. The Kier molecular flexibility index (Phi) is 10.0. The van der Waals surface area contributed by atoms with Gasteiger partial charge in [0, 0.05) is 51.5 Å². The number of aliphatic imine (C=N–C) groups is 1. The lowest BCUT2D eigenvalue weighted by molar-refractivity contribution is -0.134. The zero-order valence-electron chi connectivity index (χ0n) is 16.6. The maximum atomic E-state index is 12.4. The number of nitrogens with one attached hydrogen (secondary N) is 1. The van der Waals surface area contributed by atoms with Gasteiger partial charge in [-0.25, -0.2) is 0 Å². The van der Waals surface area contributed by atoms with E-state index >= 15 is 0 Å². The number of amides is 1. The number of aryl methyl sites for hydroxylation is 1. The Labute approximate surface area is 175 Å². The van der Waals surface area contributed by atoms with Gasteiger partial charge in [-0.3, -0.25) is 9.79 Å². The SMILES string of the molecule is CCNC(=NCCC(=O)N1CCCCC1C)N(C)Cc1cccn1C.I. The van der Waals surface area contributed by atoms with E-state index in [0.29, 0.717) is 19.0 Å². The highest BCUT2D eigenvalue weighted by Gasteiger charge is 2.22. The van der Waals surface area contributed by atoms with Crippen molar-refractivity contribution in [3.05, 3.63) is 24.0 Å². The maximum Gasteiger partial charge on any atom is 0.224 e. The minimum atomic E-state index is 0. The minimum Gasteiger partial charge on any atom is -0.357 e. The fourth-order valence-corrected chi connectivity index (χ4v) is 3.32. The van der Waals surface area contributed by atoms with Crippen LogP contribution in [0.5, 0.6) is 0 Å². The summed E-state index contributed by atoms with van der Waals surface area (Å²) in [6.45, 7) is 7.24. The van der Waals surface area contributed by atoms with Gasteiger partial charge in [-0.05, 0) is 45.2 Å². The molecule has 0 aromatic carbocycles. The van der Waals surface area contributed by atoms with Gasteiger partial charge in [0.05, 0.1) is 13.1 Å². The van der Waals surface area contributed by atoms with E-state index in [1.165, 1.54) is 12.1 Å². The first-order valence-corrected chi connectivity index (χ1v) is 9.42. The zero-order chi connectivity index (χ0) is 18.2. The third-order valence-electron chi connectivity index (χ3n) is 4.86. The van der Waals surface area contributed by atoms with E-state index in [0.717, 1.165) is 38.4 Å². The lowest BCUT2D eigenvalue weighted by Crippen LogP contribution is -2.42. The van der Waals surface area contributed by atoms with Crippen molar-refractivity contribution in [3.8, 4) is 0 Å². The molecule has 0 radical (unpaired) electrons. The molecule has 1 saturated heterocycles. The van der Waals surface area contributed by atoms with Crippen molar-refractivity contribution in [2.75, 3.05) is 26.7 Å². The molecule has 26 heavy (non-hydrogen) atoms. The second-order valence-electron chi connectivity index (χ2n) is 6.88. The Morgan fingerprint density at radius 3 is 2.81 bits per heavy atom. The van der Waals surface area contributed by atoms with Crippen molar-refractivity contribution in [2.24, 2.45) is 12.0 Å². The molecule has 1 unspecified atom stereocenters. The zero-order valence-corrected chi connectivity index (χ0v) is 18.9. The summed E-state index contributed by atoms with van der Waals surface area (Å²) < 4.78 is 2.11. The van der Waals surface area contributed by atoms with Crippen LogP contribution in [0, 0.1) is 0 Å². The normalized spacial score (nSPS) is 17.6. The molecule has 1 aliphatic heterocycles. The molecule has 1 aromatic heterocycles. The number of aromatic nitrogens is 1. The van der Waals surface area contributed by atoms with E-state index in [2.05, 4.69) is 39.7 Å². The van der Waals surface area contributed by atoms with Gasteiger partial charge in [-0.1, -0.05) is 0 Å². The van der Waals surface area contributed by atoms with Gasteiger partial charge in [0.1, 0.15) is 0 Å². The van der Waals surface area contributed by atoms with Gasteiger partial charge in [-0.2, -0.15) is 0 Å². The molecule has 0 saturated carbocycles. The smallest absolute Gasteiger partial charge is 0.224 e. The largest absolute Gasteiger partial charge is 0.357 e. The average Bonchev–Trinajstić information content (AvgIpc) is 2.99. The first kappa shape index (κ1) is 22.8. The average molecular weight is 475 g/mol. The van der Waals surface area contributed by atoms with Gasteiger partial charge < -0.3 is 19.7 Å². The molecular weight excluding hydrogens is 441 g/mol. The lowest BCUT2D eigenvalue weighted by atomic mass is 10.0. The van der Waals surface area contributed by atoms with Crippen LogP contribution in [-0.4, -0.2) is 59.0 Å². The molecule has 2 rings (SSSR count). The molecule has 2 heterocycles. The molecule has 1 fully saturated rings. The Morgan fingerprint density at radius 2 is 2.19 bits per heavy atom. The van der Waals surface area contributed by atoms with E-state index < -0.39 is 0 Å². The third-order valence-corrected chi connectivity index (χ3v) is 4.86. The number of rotatable bonds is 6. The van der Waals surface area contributed by atoms with Crippen molar-refractivity contribution in [1.82, 2.24) is 19.7 Å². The highest BCUT2D eigenvalue weighted by molar-refractivity contribution is 14.0. The summed E-state index contributed by atoms with van der Waals surface area (Å²) in [5, 5.41) is 3.32. The number of carbonyl (C=O) groups is 1. The second-order valence-corrected chi connectivity index (χ2v) is 6.88. The number of guanidine groups is 1. The number of hydrogen-bond acceptors (Lipinski definition) is 2. The van der Waals surface area contributed by atoms with Crippen molar-refractivity contribution >= 4 is 35.8 Å². The summed E-state index contributed by atoms with van der Waals surface area (Å²) in [5.74, 6) is 1.08. The molecule has 0 aliphatic carbocycles. The molecule has 1 atom stereocenters. The van der Waals surface area contributed by atoms with Crippen molar-refractivity contribution < 1.29 is 4.79 Å². The number of piperidine rings is 1. The van der Waals surface area contributed by atoms with Crippen LogP contribution < -0.4 is 5.32 Å². The maximum absolute atomic E-state index is 12.4. The van der Waals surface area contributed by atoms with Crippen molar-refractivity contribution in [2.45, 2.75) is 52.1 Å². The van der Waals surface area contributed by atoms with E-state index in [-0.39, 0.29) is 29.9 Å². The Hall–Kier alpha value is -1.25. The fraction of sp³-hybridized carbons (Fsp3) is 0.684. The topological polar surface area (TPSA) is 52.9 Å². The molecule has 0 bridgehead atoms. The lowest BCUT2D eigenvalue weighted by Gasteiger charge is -2.33. The summed E-state index contributed by atoms with van der Waals surface area (Å²) in [6, 6.07) is 4.53. The highest BCUT2D eigenvalue weighted by atomic mass is 127. The minimum absolute atomic E-state index is 0. The molecule has 148 valence electrons. The second kappa shape index (κ2) is 11.5. The molecule has 1 aliphatic rings. The number of halogens is 1. The van der Waals surface area contributed by atoms with Crippen molar-refractivity contribution in [3.63, 3.8) is 0 Å². The van der Waals surface area contributed by atoms with Crippen LogP contribution in [0.1, 0.15) is 45.2 Å². The first-order chi connectivity index (χ1) is 12.0. The van der Waals surface area contributed by atoms with Gasteiger partial charge in [-0.15, -0.1) is 24.0 Å². The summed E-state index contributed by atoms with van der Waals surface area (Å²) in [5.41, 5.74) is 1.23. The van der Waals surface area contributed by atoms with Crippen molar-refractivity contribution in [1.29, 1.82) is 0 Å². The molecule has 1 amide bonds. The Balaban J connectivity index is 0.00000338. The predicted molar refractivity (Wildman–Crippen MR) is 118 cm³/mol. The van der Waals surface area contributed by atoms with Crippen LogP contribution in [0.2, 0.25) is 0 Å². The molecule has 1 N–H and O–H groups in total. The monoisotopic (exact) mass is 475 g/mol. The number of likely N-dealkylation sites (tertiary alicyclic amines) is 1. The van der Waals surface area contributed by atoms with Crippen LogP contribution >= 0.6 is 24.0 Å². The first-order valence-electron chi connectivity index (χ1n) is 9.42. The van der Waals surface area contributed by atoms with Gasteiger partial charge in [0.25, 0.3) is 0 Å². The summed E-state index contributed by atoms with van der Waals surface area (Å²) in [7, 11) is 4.08. The summed E-state index contributed by atoms with van der Waals surface area (Å²) in [6.07, 6.45) is 6.01. The van der Waals surface area contributed by atoms with E-state index in [1.807, 2.05) is 31.3 Å². The molecule has 1 aromatic rings. The van der Waals surface area contributed by atoms with Crippen LogP contribution in [0.25, 0.3) is 0 Å². The van der Waals surface area contributed by atoms with Crippen LogP contribution in [-0.2, 0) is 18.4 Å². The molecule has 0 spiro atoms. The highest BCUT2D eigenvalue weighted by Crippen LogP contribution is 2.17. The van der Waals surface area contributed by atoms with E-state index in [1.54, 1.807) is 0 Å². The predicted octanol–water partition coefficient (Wildman–Crippen LogP) is 2.83. The molecule has 6 nitrogen and oxygen atoms in total. The number of nitrogens with zero attached hydrogens (tertiary/aromatic N) is 4. The van der Waals surface area contributed by atoms with Gasteiger partial charge >= 0.3 is 0 Å². The Morgan fingerprint density at radius 1 is 1.42 bits per heavy atom. The number of carbonyl (C=O) groups excluding carboxylic acids is 1. The quantitative estimate of drug-likeness (QED) is 0.391. The van der Waals surface area contributed by atoms with Crippen LogP contribution in [0.4, 0.5) is 0 Å². The Bertz CT molecular complexity index is 586.